The van der Waals surface area contributed by atoms with Crippen LogP contribution in [0.15, 0.2) is 52.4 Å². The molecule has 0 saturated carbocycles. The summed E-state index contributed by atoms with van der Waals surface area (Å²) in [6, 6.07) is 13.7. The van der Waals surface area contributed by atoms with Crippen LogP contribution in [0.4, 0.5) is 5.69 Å². The van der Waals surface area contributed by atoms with Crippen molar-refractivity contribution in [2.24, 2.45) is 4.99 Å². The van der Waals surface area contributed by atoms with Gasteiger partial charge in [-0.15, -0.1) is 11.8 Å². The monoisotopic (exact) mass is 449 g/mol. The summed E-state index contributed by atoms with van der Waals surface area (Å²) in [5, 5.41) is 10.8. The van der Waals surface area contributed by atoms with Crippen molar-refractivity contribution in [1.29, 1.82) is 0 Å². The van der Waals surface area contributed by atoms with E-state index in [0.717, 1.165) is 45.2 Å². The largest absolute Gasteiger partial charge is 0.326 e. The van der Waals surface area contributed by atoms with Gasteiger partial charge in [-0.1, -0.05) is 12.1 Å². The van der Waals surface area contributed by atoms with E-state index in [2.05, 4.69) is 29.6 Å². The Balaban J connectivity index is 1.89. The lowest BCUT2D eigenvalue weighted by Gasteiger charge is -2.13. The summed E-state index contributed by atoms with van der Waals surface area (Å²) in [4.78, 5) is 18.8. The second-order valence-electron chi connectivity index (χ2n) is 7.74. The van der Waals surface area contributed by atoms with Gasteiger partial charge in [0.05, 0.1) is 12.2 Å². The predicted octanol–water partition coefficient (Wildman–Crippen LogP) is 5.26. The molecule has 1 heterocycles. The van der Waals surface area contributed by atoms with Gasteiger partial charge < -0.3 is 5.32 Å². The topological polar surface area (TPSA) is 71.3 Å². The lowest BCUT2D eigenvalue weighted by molar-refractivity contribution is 0.0977. The Labute approximate surface area is 194 Å². The van der Waals surface area contributed by atoms with Crippen LogP contribution in [0.1, 0.15) is 45.4 Å². The van der Waals surface area contributed by atoms with E-state index in [9.17, 15) is 4.79 Å². The van der Waals surface area contributed by atoms with E-state index in [4.69, 9.17) is 4.99 Å². The minimum atomic E-state index is -0.196. The highest BCUT2D eigenvalue weighted by molar-refractivity contribution is 7.98. The first-order valence-corrected chi connectivity index (χ1v) is 11.9. The van der Waals surface area contributed by atoms with Crippen LogP contribution in [-0.2, 0) is 13.1 Å². The highest BCUT2D eigenvalue weighted by Gasteiger charge is 2.13. The van der Waals surface area contributed by atoms with Crippen LogP contribution < -0.4 is 10.6 Å². The summed E-state index contributed by atoms with van der Waals surface area (Å²) < 4.78 is 1.98. The number of aliphatic imine (C=N–C) groups is 1. The molecule has 0 unspecified atom stereocenters. The fourth-order valence-corrected chi connectivity index (χ4v) is 3.90. The number of aromatic nitrogens is 2. The van der Waals surface area contributed by atoms with Gasteiger partial charge in [0.25, 0.3) is 5.91 Å². The van der Waals surface area contributed by atoms with E-state index < -0.39 is 0 Å². The number of carbonyl (C=O) groups is 1. The molecule has 1 aromatic heterocycles. The van der Waals surface area contributed by atoms with Gasteiger partial charge in [0.1, 0.15) is 0 Å². The Kier molecular flexibility index (Phi) is 7.75. The number of benzene rings is 2. The van der Waals surface area contributed by atoms with Crippen LogP contribution in [-0.4, -0.2) is 27.9 Å². The van der Waals surface area contributed by atoms with Crippen LogP contribution in [0.3, 0.4) is 0 Å². The zero-order valence-corrected chi connectivity index (χ0v) is 20.4. The average Bonchev–Trinajstić information content (AvgIpc) is 3.06. The molecule has 3 aromatic rings. The Morgan fingerprint density at radius 2 is 1.88 bits per heavy atom. The number of anilines is 1. The maximum atomic E-state index is 13.0. The van der Waals surface area contributed by atoms with E-state index >= 15 is 0 Å². The third kappa shape index (κ3) is 5.59. The molecule has 1 amide bonds. The summed E-state index contributed by atoms with van der Waals surface area (Å²) in [5.74, 6) is 0.215. The molecular formula is C25H31N5OS. The molecule has 2 aromatic carbocycles. The van der Waals surface area contributed by atoms with Gasteiger partial charge in [0.2, 0.25) is 5.96 Å². The number of thioether (sulfide) groups is 1. The Morgan fingerprint density at radius 1 is 1.09 bits per heavy atom. The number of hydrogen-bond donors (Lipinski definition) is 2. The van der Waals surface area contributed by atoms with Gasteiger partial charge >= 0.3 is 0 Å². The Morgan fingerprint density at radius 3 is 2.53 bits per heavy atom. The van der Waals surface area contributed by atoms with Crippen LogP contribution in [0.2, 0.25) is 0 Å². The molecular weight excluding hydrogens is 418 g/mol. The number of nitrogens with zero attached hydrogens (tertiary/aromatic N) is 3. The second kappa shape index (κ2) is 10.5. The molecule has 0 aliphatic heterocycles. The average molecular weight is 450 g/mol. The van der Waals surface area contributed by atoms with Gasteiger partial charge in [0.15, 0.2) is 0 Å². The number of carbonyl (C=O) groups excluding carboxylic acids is 1. The van der Waals surface area contributed by atoms with Gasteiger partial charge in [-0.25, -0.2) is 4.99 Å². The molecule has 0 aliphatic carbocycles. The summed E-state index contributed by atoms with van der Waals surface area (Å²) in [7, 11) is 0. The predicted molar refractivity (Wildman–Crippen MR) is 134 cm³/mol. The molecule has 0 bridgehead atoms. The van der Waals surface area contributed by atoms with Crippen LogP contribution in [0.5, 0.6) is 0 Å². The SMILES string of the molecule is CCn1nc(C)c(CN=C(NC(=O)c2ccc(C)c(C)c2)Nc2cccc(SC)c2)c1C. The van der Waals surface area contributed by atoms with Gasteiger partial charge in [-0.2, -0.15) is 5.10 Å². The van der Waals surface area contributed by atoms with Crippen molar-refractivity contribution in [3.63, 3.8) is 0 Å². The van der Waals surface area contributed by atoms with E-state index in [0.29, 0.717) is 18.1 Å². The first-order valence-electron chi connectivity index (χ1n) is 10.7. The standard InChI is InChI=1S/C25H31N5OS/c1-7-30-19(5)23(18(4)29-30)15-26-25(27-21-9-8-10-22(14-21)32-6)28-24(31)20-12-11-16(2)17(3)13-20/h8-14H,7,15H2,1-6H3,(H2,26,27,28,31). The summed E-state index contributed by atoms with van der Waals surface area (Å²) in [6.07, 6.45) is 2.03. The molecule has 32 heavy (non-hydrogen) atoms. The van der Waals surface area contributed by atoms with Crippen LogP contribution in [0.25, 0.3) is 0 Å². The fraction of sp³-hybridized carbons (Fsp3) is 0.320. The Bertz CT molecular complexity index is 1150. The van der Waals surface area contributed by atoms with Crippen molar-refractivity contribution >= 4 is 29.3 Å². The fourth-order valence-electron chi connectivity index (χ4n) is 3.44. The molecule has 0 atom stereocenters. The summed E-state index contributed by atoms with van der Waals surface area (Å²) in [5.41, 5.74) is 6.83. The first kappa shape index (κ1) is 23.6. The molecule has 0 saturated heterocycles. The minimum absolute atomic E-state index is 0.196. The normalized spacial score (nSPS) is 11.5. The maximum absolute atomic E-state index is 13.0. The van der Waals surface area contributed by atoms with E-state index in [1.165, 1.54) is 0 Å². The van der Waals surface area contributed by atoms with Crippen molar-refractivity contribution < 1.29 is 4.79 Å². The third-order valence-electron chi connectivity index (χ3n) is 5.56. The van der Waals surface area contributed by atoms with Crippen molar-refractivity contribution in [1.82, 2.24) is 15.1 Å². The number of hydrogen-bond acceptors (Lipinski definition) is 4. The first-order chi connectivity index (χ1) is 15.3. The van der Waals surface area contributed by atoms with Crippen molar-refractivity contribution in [2.75, 3.05) is 11.6 Å². The molecule has 168 valence electrons. The zero-order valence-electron chi connectivity index (χ0n) is 19.6. The molecule has 0 aliphatic rings. The number of amides is 1. The number of rotatable bonds is 6. The van der Waals surface area contributed by atoms with Gasteiger partial charge in [0, 0.05) is 33.9 Å². The van der Waals surface area contributed by atoms with E-state index in [1.807, 2.05) is 74.2 Å². The highest BCUT2D eigenvalue weighted by atomic mass is 32.2. The highest BCUT2D eigenvalue weighted by Crippen LogP contribution is 2.19. The number of guanidine groups is 1. The van der Waals surface area contributed by atoms with Crippen molar-refractivity contribution in [2.45, 2.75) is 52.6 Å². The van der Waals surface area contributed by atoms with Crippen LogP contribution >= 0.6 is 11.8 Å². The zero-order chi connectivity index (χ0) is 23.3. The molecule has 3 rings (SSSR count). The molecule has 2 N–H and O–H groups in total. The smallest absolute Gasteiger partial charge is 0.257 e. The Hall–Kier alpha value is -3.06. The van der Waals surface area contributed by atoms with Crippen molar-refractivity contribution in [3.05, 3.63) is 76.1 Å². The molecule has 0 fully saturated rings. The summed E-state index contributed by atoms with van der Waals surface area (Å²) >= 11 is 1.66. The number of nitrogens with one attached hydrogen (secondary N) is 2. The summed E-state index contributed by atoms with van der Waals surface area (Å²) in [6.45, 7) is 11.4. The minimum Gasteiger partial charge on any atom is -0.326 e. The van der Waals surface area contributed by atoms with E-state index in [-0.39, 0.29) is 5.91 Å². The van der Waals surface area contributed by atoms with E-state index in [1.54, 1.807) is 11.8 Å². The molecule has 6 nitrogen and oxygen atoms in total. The van der Waals surface area contributed by atoms with Gasteiger partial charge in [-0.05, 0) is 82.3 Å². The number of aryl methyl sites for hydroxylation is 4. The van der Waals surface area contributed by atoms with Crippen molar-refractivity contribution in [3.8, 4) is 0 Å². The molecule has 7 heteroatoms. The third-order valence-corrected chi connectivity index (χ3v) is 6.29. The van der Waals surface area contributed by atoms with Crippen LogP contribution in [0, 0.1) is 27.7 Å². The quantitative estimate of drug-likeness (QED) is 0.306. The van der Waals surface area contributed by atoms with Gasteiger partial charge in [-0.3, -0.25) is 14.8 Å². The second-order valence-corrected chi connectivity index (χ2v) is 8.62. The maximum Gasteiger partial charge on any atom is 0.257 e. The lowest BCUT2D eigenvalue weighted by Crippen LogP contribution is -2.36. The molecule has 0 radical (unpaired) electrons. The molecule has 0 spiro atoms. The lowest BCUT2D eigenvalue weighted by atomic mass is 10.1.